The maximum atomic E-state index is 5.62. The number of hydrazine groups is 1. The number of nitrogens with one attached hydrogen (secondary N) is 1. The first-order valence-electron chi connectivity index (χ1n) is 6.65. The van der Waals surface area contributed by atoms with E-state index in [0.717, 1.165) is 30.8 Å². The molecule has 0 saturated carbocycles. The molecule has 1 atom stereocenters. The summed E-state index contributed by atoms with van der Waals surface area (Å²) >= 11 is 0. The molecule has 0 saturated heterocycles. The summed E-state index contributed by atoms with van der Waals surface area (Å²) in [5, 5.41) is 4.06. The van der Waals surface area contributed by atoms with Gasteiger partial charge in [0.1, 0.15) is 17.9 Å². The van der Waals surface area contributed by atoms with Gasteiger partial charge in [-0.05, 0) is 30.5 Å². The predicted octanol–water partition coefficient (Wildman–Crippen LogP) is 0.831. The number of nitrogens with zero attached hydrogens (tertiary/aromatic N) is 3. The molecule has 20 heavy (non-hydrogen) atoms. The second kappa shape index (κ2) is 7.02. The molecule has 1 aromatic carbocycles. The summed E-state index contributed by atoms with van der Waals surface area (Å²) in [5.41, 5.74) is 4.12. The molecule has 0 aliphatic heterocycles. The molecule has 6 nitrogen and oxygen atoms in total. The third kappa shape index (κ3) is 3.79. The molecule has 1 unspecified atom stereocenters. The summed E-state index contributed by atoms with van der Waals surface area (Å²) in [5.74, 6) is 7.43. The van der Waals surface area contributed by atoms with E-state index >= 15 is 0 Å². The molecule has 108 valence electrons. The van der Waals surface area contributed by atoms with Crippen LogP contribution in [0.5, 0.6) is 5.75 Å². The van der Waals surface area contributed by atoms with Crippen LogP contribution in [-0.4, -0.2) is 27.9 Å². The van der Waals surface area contributed by atoms with Gasteiger partial charge >= 0.3 is 0 Å². The number of benzene rings is 1. The summed E-state index contributed by atoms with van der Waals surface area (Å²) in [7, 11) is 3.56. The van der Waals surface area contributed by atoms with E-state index in [1.165, 1.54) is 5.56 Å². The van der Waals surface area contributed by atoms with Crippen LogP contribution in [0.15, 0.2) is 30.6 Å². The Morgan fingerprint density at radius 1 is 1.35 bits per heavy atom. The molecule has 0 aliphatic rings. The Labute approximate surface area is 118 Å². The smallest absolute Gasteiger partial charge is 0.138 e. The normalized spacial score (nSPS) is 12.3. The van der Waals surface area contributed by atoms with E-state index < -0.39 is 0 Å². The monoisotopic (exact) mass is 275 g/mol. The van der Waals surface area contributed by atoms with Gasteiger partial charge in [0.2, 0.25) is 0 Å². The highest BCUT2D eigenvalue weighted by atomic mass is 16.5. The van der Waals surface area contributed by atoms with Crippen LogP contribution in [0.2, 0.25) is 0 Å². The van der Waals surface area contributed by atoms with Crippen LogP contribution in [0.1, 0.15) is 17.8 Å². The minimum Gasteiger partial charge on any atom is -0.497 e. The largest absolute Gasteiger partial charge is 0.497 e. The van der Waals surface area contributed by atoms with Gasteiger partial charge in [-0.3, -0.25) is 16.0 Å². The van der Waals surface area contributed by atoms with Crippen LogP contribution in [0, 0.1) is 0 Å². The van der Waals surface area contributed by atoms with Crippen molar-refractivity contribution in [1.29, 1.82) is 0 Å². The number of aromatic nitrogens is 3. The quantitative estimate of drug-likeness (QED) is 0.578. The third-order valence-corrected chi connectivity index (χ3v) is 3.41. The van der Waals surface area contributed by atoms with Crippen molar-refractivity contribution in [2.75, 3.05) is 7.11 Å². The van der Waals surface area contributed by atoms with E-state index in [2.05, 4.69) is 27.6 Å². The van der Waals surface area contributed by atoms with Gasteiger partial charge in [0.05, 0.1) is 7.11 Å². The third-order valence-electron chi connectivity index (χ3n) is 3.41. The minimum atomic E-state index is 0.181. The Balaban J connectivity index is 1.88. The highest BCUT2D eigenvalue weighted by molar-refractivity contribution is 5.27. The van der Waals surface area contributed by atoms with Crippen molar-refractivity contribution in [2.45, 2.75) is 25.3 Å². The first-order valence-corrected chi connectivity index (χ1v) is 6.65. The first kappa shape index (κ1) is 14.5. The fraction of sp³-hybridized carbons (Fsp3) is 0.429. The number of rotatable bonds is 7. The van der Waals surface area contributed by atoms with Crippen molar-refractivity contribution >= 4 is 0 Å². The van der Waals surface area contributed by atoms with E-state index in [1.807, 2.05) is 19.2 Å². The lowest BCUT2D eigenvalue weighted by molar-refractivity contribution is 0.414. The zero-order valence-electron chi connectivity index (χ0n) is 11.9. The number of nitrogens with two attached hydrogens (primary N) is 1. The van der Waals surface area contributed by atoms with Gasteiger partial charge < -0.3 is 4.74 Å². The van der Waals surface area contributed by atoms with E-state index in [0.29, 0.717) is 0 Å². The Kier molecular flexibility index (Phi) is 5.09. The predicted molar refractivity (Wildman–Crippen MR) is 77.1 cm³/mol. The maximum absolute atomic E-state index is 5.62. The molecule has 0 bridgehead atoms. The van der Waals surface area contributed by atoms with Crippen LogP contribution in [0.4, 0.5) is 0 Å². The van der Waals surface area contributed by atoms with Gasteiger partial charge in [-0.2, -0.15) is 5.10 Å². The van der Waals surface area contributed by atoms with Crippen LogP contribution < -0.4 is 16.0 Å². The fourth-order valence-electron chi connectivity index (χ4n) is 2.10. The molecule has 1 heterocycles. The second-order valence-electron chi connectivity index (χ2n) is 4.75. The second-order valence-corrected chi connectivity index (χ2v) is 4.75. The van der Waals surface area contributed by atoms with Gasteiger partial charge in [-0.25, -0.2) is 4.98 Å². The molecular formula is C14H21N5O. The van der Waals surface area contributed by atoms with Gasteiger partial charge in [0, 0.05) is 19.5 Å². The van der Waals surface area contributed by atoms with Crippen LogP contribution in [0.3, 0.4) is 0 Å². The molecule has 0 radical (unpaired) electrons. The molecule has 3 N–H and O–H groups in total. The van der Waals surface area contributed by atoms with Gasteiger partial charge in [-0.15, -0.1) is 0 Å². The number of ether oxygens (including phenoxy) is 1. The summed E-state index contributed by atoms with van der Waals surface area (Å²) in [6.07, 6.45) is 4.22. The lowest BCUT2D eigenvalue weighted by atomic mass is 10.0. The first-order chi connectivity index (χ1) is 9.72. The topological polar surface area (TPSA) is 78.0 Å². The zero-order chi connectivity index (χ0) is 14.4. The fourth-order valence-corrected chi connectivity index (χ4v) is 2.10. The molecule has 0 spiro atoms. The standard InChI is InChI=1S/C14H21N5O/c1-19-14(16-10-17-19)9-12(18-15)6-3-11-4-7-13(20-2)8-5-11/h4-5,7-8,10,12,18H,3,6,9,15H2,1-2H3. The molecule has 0 amide bonds. The van der Waals surface area contributed by atoms with Crippen molar-refractivity contribution in [3.8, 4) is 5.75 Å². The van der Waals surface area contributed by atoms with E-state index in [9.17, 15) is 0 Å². The van der Waals surface area contributed by atoms with Crippen LogP contribution >= 0.6 is 0 Å². The van der Waals surface area contributed by atoms with Crippen molar-refractivity contribution in [2.24, 2.45) is 12.9 Å². The van der Waals surface area contributed by atoms with Gasteiger partial charge in [0.25, 0.3) is 0 Å². The summed E-state index contributed by atoms with van der Waals surface area (Å²) < 4.78 is 6.92. The Hall–Kier alpha value is -1.92. The van der Waals surface area contributed by atoms with Crippen molar-refractivity contribution < 1.29 is 4.74 Å². The average Bonchev–Trinajstić information content (AvgIpc) is 2.89. The number of aryl methyl sites for hydroxylation is 2. The molecule has 6 heteroatoms. The van der Waals surface area contributed by atoms with Crippen molar-refractivity contribution in [1.82, 2.24) is 20.2 Å². The molecule has 0 fully saturated rings. The van der Waals surface area contributed by atoms with Crippen molar-refractivity contribution in [3.05, 3.63) is 42.0 Å². The molecule has 2 aromatic rings. The lowest BCUT2D eigenvalue weighted by Gasteiger charge is -2.15. The van der Waals surface area contributed by atoms with Crippen LogP contribution in [-0.2, 0) is 19.9 Å². The van der Waals surface area contributed by atoms with E-state index in [4.69, 9.17) is 10.6 Å². The summed E-state index contributed by atoms with van der Waals surface area (Å²) in [4.78, 5) is 4.22. The van der Waals surface area contributed by atoms with Gasteiger partial charge in [0.15, 0.2) is 0 Å². The summed E-state index contributed by atoms with van der Waals surface area (Å²) in [6.45, 7) is 0. The van der Waals surface area contributed by atoms with Crippen molar-refractivity contribution in [3.63, 3.8) is 0 Å². The lowest BCUT2D eigenvalue weighted by Crippen LogP contribution is -2.37. The molecular weight excluding hydrogens is 254 g/mol. The van der Waals surface area contributed by atoms with Crippen LogP contribution in [0.25, 0.3) is 0 Å². The number of hydrogen-bond donors (Lipinski definition) is 2. The Bertz CT molecular complexity index is 523. The number of hydrogen-bond acceptors (Lipinski definition) is 5. The zero-order valence-corrected chi connectivity index (χ0v) is 11.9. The average molecular weight is 275 g/mol. The van der Waals surface area contributed by atoms with E-state index in [1.54, 1.807) is 18.1 Å². The highest BCUT2D eigenvalue weighted by Crippen LogP contribution is 2.14. The van der Waals surface area contributed by atoms with Gasteiger partial charge in [-0.1, -0.05) is 12.1 Å². The number of methoxy groups -OCH3 is 1. The Morgan fingerprint density at radius 2 is 2.10 bits per heavy atom. The minimum absolute atomic E-state index is 0.181. The maximum Gasteiger partial charge on any atom is 0.138 e. The highest BCUT2D eigenvalue weighted by Gasteiger charge is 2.11. The summed E-state index contributed by atoms with van der Waals surface area (Å²) in [6, 6.07) is 8.29. The Morgan fingerprint density at radius 3 is 2.65 bits per heavy atom. The molecule has 0 aliphatic carbocycles. The molecule has 1 aromatic heterocycles. The van der Waals surface area contributed by atoms with E-state index in [-0.39, 0.29) is 6.04 Å². The SMILES string of the molecule is COc1ccc(CCC(Cc2ncnn2C)NN)cc1. The molecule has 2 rings (SSSR count).